The second-order valence-electron chi connectivity index (χ2n) is 4.74. The quantitative estimate of drug-likeness (QED) is 0.686. The van der Waals surface area contributed by atoms with Gasteiger partial charge in [0.1, 0.15) is 0 Å². The van der Waals surface area contributed by atoms with Crippen LogP contribution in [0.1, 0.15) is 35.8 Å². The molecular weight excluding hydrogens is 299 g/mol. The van der Waals surface area contributed by atoms with Gasteiger partial charge in [-0.15, -0.1) is 0 Å². The van der Waals surface area contributed by atoms with E-state index in [9.17, 15) is 23.1 Å². The Morgan fingerprint density at radius 2 is 2.09 bits per heavy atom. The summed E-state index contributed by atoms with van der Waals surface area (Å²) in [6.07, 6.45) is -1.86. The number of carbonyl (C=O) groups excluding carboxylic acids is 1. The summed E-state index contributed by atoms with van der Waals surface area (Å²) in [5, 5.41) is 10.2. The maximum absolute atomic E-state index is 12.6. The topological polar surface area (TPSA) is 59.4 Å². The molecule has 0 radical (unpaired) electrons. The van der Waals surface area contributed by atoms with Crippen molar-refractivity contribution in [2.75, 3.05) is 6.61 Å². The van der Waals surface area contributed by atoms with Crippen LogP contribution in [0.2, 0.25) is 0 Å². The molecule has 0 unspecified atom stereocenters. The number of ether oxygens (including phenoxy) is 1. The van der Waals surface area contributed by atoms with Crippen LogP contribution in [0, 0.1) is 0 Å². The third kappa shape index (κ3) is 3.29. The van der Waals surface area contributed by atoms with Gasteiger partial charge in [-0.05, 0) is 24.6 Å². The van der Waals surface area contributed by atoms with E-state index in [1.165, 1.54) is 0 Å². The second kappa shape index (κ2) is 6.21. The van der Waals surface area contributed by atoms with E-state index in [0.29, 0.717) is 6.42 Å². The molecule has 0 atom stereocenters. The normalized spacial score (nSPS) is 11.6. The van der Waals surface area contributed by atoms with E-state index >= 15 is 0 Å². The highest BCUT2D eigenvalue weighted by Crippen LogP contribution is 2.34. The lowest BCUT2D eigenvalue weighted by molar-refractivity contribution is -0.137. The van der Waals surface area contributed by atoms with Crippen molar-refractivity contribution in [1.29, 1.82) is 0 Å². The van der Waals surface area contributed by atoms with Gasteiger partial charge in [0.2, 0.25) is 0 Å². The smallest absolute Gasteiger partial charge is 0.416 e. The van der Waals surface area contributed by atoms with E-state index < -0.39 is 23.5 Å². The van der Waals surface area contributed by atoms with Crippen LogP contribution in [0.5, 0.6) is 5.75 Å². The number of rotatable bonds is 4. The van der Waals surface area contributed by atoms with Crippen LogP contribution >= 0.6 is 0 Å². The Hall–Kier alpha value is -2.31. The number of hydrogen-bond acceptors (Lipinski definition) is 4. The minimum atomic E-state index is -4.48. The highest BCUT2D eigenvalue weighted by Gasteiger charge is 2.31. The molecule has 0 aliphatic rings. The summed E-state index contributed by atoms with van der Waals surface area (Å²) in [7, 11) is 0. The third-order valence-corrected chi connectivity index (χ3v) is 3.12. The lowest BCUT2D eigenvalue weighted by Crippen LogP contribution is -2.09. The van der Waals surface area contributed by atoms with Crippen molar-refractivity contribution in [2.24, 2.45) is 0 Å². The minimum Gasteiger partial charge on any atom is -0.505 e. The van der Waals surface area contributed by atoms with Crippen LogP contribution in [0.4, 0.5) is 13.2 Å². The molecule has 7 heteroatoms. The zero-order chi connectivity index (χ0) is 16.3. The van der Waals surface area contributed by atoms with Crippen molar-refractivity contribution in [3.63, 3.8) is 0 Å². The SMILES string of the molecule is CCCCOC(=O)c1ncc2cc(C(F)(F)F)ccc2c1O. The molecule has 1 heterocycles. The lowest BCUT2D eigenvalue weighted by Gasteiger charge is -2.10. The van der Waals surface area contributed by atoms with E-state index in [1.807, 2.05) is 6.92 Å². The number of esters is 1. The van der Waals surface area contributed by atoms with E-state index in [-0.39, 0.29) is 23.1 Å². The Kier molecular flexibility index (Phi) is 4.54. The molecule has 0 spiro atoms. The van der Waals surface area contributed by atoms with E-state index in [0.717, 1.165) is 30.8 Å². The highest BCUT2D eigenvalue weighted by molar-refractivity contribution is 5.99. The van der Waals surface area contributed by atoms with Crippen molar-refractivity contribution < 1.29 is 27.8 Å². The molecule has 4 nitrogen and oxygen atoms in total. The van der Waals surface area contributed by atoms with E-state index in [1.54, 1.807) is 0 Å². The number of aromatic nitrogens is 1. The molecular formula is C15H14F3NO3. The zero-order valence-corrected chi connectivity index (χ0v) is 11.8. The van der Waals surface area contributed by atoms with Crippen LogP contribution < -0.4 is 0 Å². The van der Waals surface area contributed by atoms with Gasteiger partial charge in [0.15, 0.2) is 11.4 Å². The predicted octanol–water partition coefficient (Wildman–Crippen LogP) is 3.92. The van der Waals surface area contributed by atoms with Crippen molar-refractivity contribution in [3.8, 4) is 5.75 Å². The summed E-state index contributed by atoms with van der Waals surface area (Å²) >= 11 is 0. The van der Waals surface area contributed by atoms with Crippen molar-refractivity contribution >= 4 is 16.7 Å². The van der Waals surface area contributed by atoms with Gasteiger partial charge < -0.3 is 9.84 Å². The number of alkyl halides is 3. The average Bonchev–Trinajstić information content (AvgIpc) is 2.46. The van der Waals surface area contributed by atoms with Gasteiger partial charge in [0.25, 0.3) is 0 Å². The van der Waals surface area contributed by atoms with Crippen LogP contribution in [0.15, 0.2) is 24.4 Å². The number of carbonyl (C=O) groups is 1. The molecule has 22 heavy (non-hydrogen) atoms. The number of hydrogen-bond donors (Lipinski definition) is 1. The molecule has 0 saturated carbocycles. The largest absolute Gasteiger partial charge is 0.505 e. The maximum Gasteiger partial charge on any atom is 0.416 e. The van der Waals surface area contributed by atoms with Crippen LogP contribution in [0.3, 0.4) is 0 Å². The molecule has 2 aromatic rings. The Labute approximate surface area is 124 Å². The number of pyridine rings is 1. The van der Waals surface area contributed by atoms with Gasteiger partial charge in [-0.25, -0.2) is 9.78 Å². The number of fused-ring (bicyclic) bond motifs is 1. The lowest BCUT2D eigenvalue weighted by atomic mass is 10.1. The fraction of sp³-hybridized carbons (Fsp3) is 0.333. The molecule has 0 aliphatic heterocycles. The summed E-state index contributed by atoms with van der Waals surface area (Å²) in [4.78, 5) is 15.5. The first-order valence-electron chi connectivity index (χ1n) is 6.70. The number of benzene rings is 1. The molecule has 0 saturated heterocycles. The molecule has 1 N–H and O–H groups in total. The average molecular weight is 313 g/mol. The Balaban J connectivity index is 2.36. The van der Waals surface area contributed by atoms with Gasteiger partial charge in [-0.1, -0.05) is 13.3 Å². The predicted molar refractivity (Wildman–Crippen MR) is 73.6 cm³/mol. The summed E-state index contributed by atoms with van der Waals surface area (Å²) < 4.78 is 42.9. The number of halogens is 3. The van der Waals surface area contributed by atoms with Gasteiger partial charge in [-0.3, -0.25) is 0 Å². The van der Waals surface area contributed by atoms with Gasteiger partial charge >= 0.3 is 12.1 Å². The number of aromatic hydroxyl groups is 1. The Bertz CT molecular complexity index is 698. The molecule has 0 bridgehead atoms. The first-order valence-corrected chi connectivity index (χ1v) is 6.70. The molecule has 0 amide bonds. The minimum absolute atomic E-state index is 0.0948. The fourth-order valence-corrected chi connectivity index (χ4v) is 1.91. The third-order valence-electron chi connectivity index (χ3n) is 3.12. The van der Waals surface area contributed by atoms with Crippen molar-refractivity contribution in [2.45, 2.75) is 25.9 Å². The number of unbranched alkanes of at least 4 members (excludes halogenated alkanes) is 1. The molecule has 0 fully saturated rings. The van der Waals surface area contributed by atoms with Gasteiger partial charge in [0, 0.05) is 17.0 Å². The summed E-state index contributed by atoms with van der Waals surface area (Å²) in [6, 6.07) is 2.82. The van der Waals surface area contributed by atoms with E-state index in [2.05, 4.69) is 4.98 Å². The van der Waals surface area contributed by atoms with Crippen LogP contribution in [-0.4, -0.2) is 22.7 Å². The van der Waals surface area contributed by atoms with Gasteiger partial charge in [-0.2, -0.15) is 13.2 Å². The highest BCUT2D eigenvalue weighted by atomic mass is 19.4. The summed E-state index contributed by atoms with van der Waals surface area (Å²) in [5.74, 6) is -1.28. The molecule has 0 aliphatic carbocycles. The fourth-order valence-electron chi connectivity index (χ4n) is 1.91. The van der Waals surface area contributed by atoms with Crippen LogP contribution in [-0.2, 0) is 10.9 Å². The van der Waals surface area contributed by atoms with Crippen molar-refractivity contribution in [1.82, 2.24) is 4.98 Å². The van der Waals surface area contributed by atoms with Crippen LogP contribution in [0.25, 0.3) is 10.8 Å². The standard InChI is InChI=1S/C15H14F3NO3/c1-2-3-6-22-14(21)12-13(20)11-5-4-10(15(16,17)18)7-9(11)8-19-12/h4-5,7-8,20H,2-3,6H2,1H3. The van der Waals surface area contributed by atoms with E-state index in [4.69, 9.17) is 4.74 Å². The monoisotopic (exact) mass is 313 g/mol. The zero-order valence-electron chi connectivity index (χ0n) is 11.8. The second-order valence-corrected chi connectivity index (χ2v) is 4.74. The summed E-state index contributed by atoms with van der Waals surface area (Å²) in [6.45, 7) is 2.12. The summed E-state index contributed by atoms with van der Waals surface area (Å²) in [5.41, 5.74) is -1.15. The maximum atomic E-state index is 12.6. The van der Waals surface area contributed by atoms with Gasteiger partial charge in [0.05, 0.1) is 12.2 Å². The molecule has 1 aromatic carbocycles. The Morgan fingerprint density at radius 1 is 1.36 bits per heavy atom. The molecule has 2 rings (SSSR count). The molecule has 1 aromatic heterocycles. The molecule has 118 valence electrons. The number of nitrogens with zero attached hydrogens (tertiary/aromatic N) is 1. The first-order chi connectivity index (χ1) is 10.3. The van der Waals surface area contributed by atoms with Crippen molar-refractivity contribution in [3.05, 3.63) is 35.7 Å². The first kappa shape index (κ1) is 16.1. The Morgan fingerprint density at radius 3 is 2.73 bits per heavy atom.